The van der Waals surface area contributed by atoms with Gasteiger partial charge in [-0.2, -0.15) is 0 Å². The van der Waals surface area contributed by atoms with Gasteiger partial charge in [0.25, 0.3) is 0 Å². The summed E-state index contributed by atoms with van der Waals surface area (Å²) >= 11 is 0. The molecule has 0 saturated carbocycles. The molecule has 2 rings (SSSR count). The third-order valence-corrected chi connectivity index (χ3v) is 3.18. The van der Waals surface area contributed by atoms with Crippen molar-refractivity contribution in [3.63, 3.8) is 0 Å². The monoisotopic (exact) mass is 261 g/mol. The van der Waals surface area contributed by atoms with Crippen LogP contribution < -0.4 is 0 Å². The van der Waals surface area contributed by atoms with Crippen molar-refractivity contribution < 1.29 is 14.3 Å². The molecular weight excluding hydrogens is 242 g/mol. The van der Waals surface area contributed by atoms with Crippen molar-refractivity contribution in [3.05, 3.63) is 29.7 Å². The summed E-state index contributed by atoms with van der Waals surface area (Å²) in [4.78, 5) is 15.4. The third-order valence-electron chi connectivity index (χ3n) is 3.18. The lowest BCUT2D eigenvalue weighted by atomic mass is 10.1. The molecule has 0 aliphatic rings. The summed E-state index contributed by atoms with van der Waals surface area (Å²) in [6.07, 6.45) is 6.70. The van der Waals surface area contributed by atoms with E-state index in [1.807, 2.05) is 0 Å². The lowest BCUT2D eigenvalue weighted by molar-refractivity contribution is 0.0698. The van der Waals surface area contributed by atoms with Gasteiger partial charge in [-0.3, -0.25) is 0 Å². The Morgan fingerprint density at radius 3 is 2.79 bits per heavy atom. The topological polar surface area (TPSA) is 63.3 Å². The fourth-order valence-electron chi connectivity index (χ4n) is 2.15. The molecule has 0 saturated heterocycles. The van der Waals surface area contributed by atoms with Gasteiger partial charge in [-0.1, -0.05) is 38.7 Å². The van der Waals surface area contributed by atoms with Crippen LogP contribution in [0.4, 0.5) is 0 Å². The van der Waals surface area contributed by atoms with Crippen LogP contribution in [0.1, 0.15) is 55.3 Å². The van der Waals surface area contributed by atoms with Gasteiger partial charge in [-0.05, 0) is 18.6 Å². The highest BCUT2D eigenvalue weighted by molar-refractivity contribution is 5.99. The molecule has 0 amide bonds. The average molecular weight is 261 g/mol. The largest absolute Gasteiger partial charge is 0.478 e. The van der Waals surface area contributed by atoms with Gasteiger partial charge in [0.05, 0.1) is 0 Å². The number of aryl methyl sites for hydroxylation is 1. The number of nitrogens with zero attached hydrogens (tertiary/aromatic N) is 1. The van der Waals surface area contributed by atoms with Gasteiger partial charge in [-0.25, -0.2) is 9.78 Å². The van der Waals surface area contributed by atoms with Gasteiger partial charge in [-0.15, -0.1) is 0 Å². The molecule has 1 heterocycles. The molecule has 0 unspecified atom stereocenters. The quantitative estimate of drug-likeness (QED) is 0.764. The van der Waals surface area contributed by atoms with E-state index in [2.05, 4.69) is 11.9 Å². The smallest absolute Gasteiger partial charge is 0.339 e. The van der Waals surface area contributed by atoms with Crippen molar-refractivity contribution in [2.24, 2.45) is 0 Å². The molecule has 1 aromatic heterocycles. The summed E-state index contributed by atoms with van der Waals surface area (Å²) in [5.74, 6) is -0.337. The van der Waals surface area contributed by atoms with Crippen LogP contribution in [0, 0.1) is 0 Å². The molecule has 0 radical (unpaired) electrons. The van der Waals surface area contributed by atoms with Gasteiger partial charge >= 0.3 is 5.97 Å². The Labute approximate surface area is 112 Å². The van der Waals surface area contributed by atoms with Gasteiger partial charge in [0.15, 0.2) is 11.5 Å². The number of fused-ring (bicyclic) bond motifs is 1. The number of unbranched alkanes of at least 4 members (excludes halogenated alkanes) is 4. The first-order valence-electron chi connectivity index (χ1n) is 6.84. The van der Waals surface area contributed by atoms with E-state index in [0.29, 0.717) is 17.0 Å². The minimum Gasteiger partial charge on any atom is -0.478 e. The van der Waals surface area contributed by atoms with Gasteiger partial charge in [0, 0.05) is 6.42 Å². The number of rotatable bonds is 7. The molecule has 1 aromatic carbocycles. The summed E-state index contributed by atoms with van der Waals surface area (Å²) in [6.45, 7) is 2.19. The third kappa shape index (κ3) is 3.34. The SMILES string of the molecule is CCCCCCCc1nc2cccc(C(=O)O)c2o1. The van der Waals surface area contributed by atoms with Crippen molar-refractivity contribution in [1.82, 2.24) is 4.98 Å². The summed E-state index contributed by atoms with van der Waals surface area (Å²) in [5, 5.41) is 9.08. The Bertz CT molecular complexity index is 560. The van der Waals surface area contributed by atoms with E-state index in [0.717, 1.165) is 12.8 Å². The lowest BCUT2D eigenvalue weighted by Gasteiger charge is -1.96. The normalized spacial score (nSPS) is 11.0. The molecule has 0 aliphatic heterocycles. The summed E-state index contributed by atoms with van der Waals surface area (Å²) < 4.78 is 5.58. The van der Waals surface area contributed by atoms with E-state index >= 15 is 0 Å². The van der Waals surface area contributed by atoms with Crippen molar-refractivity contribution in [2.45, 2.75) is 45.4 Å². The van der Waals surface area contributed by atoms with Crippen LogP contribution in [0.5, 0.6) is 0 Å². The number of carboxylic acids is 1. The van der Waals surface area contributed by atoms with E-state index < -0.39 is 5.97 Å². The molecule has 0 aliphatic carbocycles. The number of benzene rings is 1. The molecule has 4 heteroatoms. The van der Waals surface area contributed by atoms with Crippen LogP contribution >= 0.6 is 0 Å². The predicted octanol–water partition coefficient (Wildman–Crippen LogP) is 4.04. The maximum Gasteiger partial charge on any atom is 0.339 e. The first-order chi connectivity index (χ1) is 9.22. The van der Waals surface area contributed by atoms with Crippen LogP contribution in [0.25, 0.3) is 11.1 Å². The zero-order valence-electron chi connectivity index (χ0n) is 11.2. The van der Waals surface area contributed by atoms with Crippen LogP contribution in [-0.4, -0.2) is 16.1 Å². The number of hydrogen-bond donors (Lipinski definition) is 1. The van der Waals surface area contributed by atoms with Crippen molar-refractivity contribution in [3.8, 4) is 0 Å². The average Bonchev–Trinajstić information content (AvgIpc) is 2.80. The predicted molar refractivity (Wildman–Crippen MR) is 73.4 cm³/mol. The lowest BCUT2D eigenvalue weighted by Crippen LogP contribution is -1.95. The molecule has 2 aromatic rings. The van der Waals surface area contributed by atoms with E-state index in [1.165, 1.54) is 25.7 Å². The number of carboxylic acid groups (broad SMARTS) is 1. The fraction of sp³-hybridized carbons (Fsp3) is 0.467. The fourth-order valence-corrected chi connectivity index (χ4v) is 2.15. The second-order valence-corrected chi connectivity index (χ2v) is 4.73. The first kappa shape index (κ1) is 13.6. The summed E-state index contributed by atoms with van der Waals surface area (Å²) in [7, 11) is 0. The number of oxazole rings is 1. The second kappa shape index (κ2) is 6.36. The molecular formula is C15H19NO3. The molecule has 1 N–H and O–H groups in total. The number of aromatic carboxylic acids is 1. The maximum atomic E-state index is 11.1. The Morgan fingerprint density at radius 1 is 1.26 bits per heavy atom. The van der Waals surface area contributed by atoms with Gasteiger partial charge < -0.3 is 9.52 Å². The Balaban J connectivity index is 2.05. The Morgan fingerprint density at radius 2 is 2.05 bits per heavy atom. The van der Waals surface area contributed by atoms with Gasteiger partial charge in [0.1, 0.15) is 11.1 Å². The minimum atomic E-state index is -0.976. The van der Waals surface area contributed by atoms with Crippen LogP contribution in [0.2, 0.25) is 0 Å². The molecule has 4 nitrogen and oxygen atoms in total. The highest BCUT2D eigenvalue weighted by Gasteiger charge is 2.14. The van der Waals surface area contributed by atoms with E-state index in [-0.39, 0.29) is 5.56 Å². The standard InChI is InChI=1S/C15H19NO3/c1-2-3-4-5-6-10-13-16-12-9-7-8-11(15(17)18)14(12)19-13/h7-9H,2-6,10H2,1H3,(H,17,18). The van der Waals surface area contributed by atoms with E-state index in [4.69, 9.17) is 9.52 Å². The Hall–Kier alpha value is -1.84. The van der Waals surface area contributed by atoms with Crippen molar-refractivity contribution in [2.75, 3.05) is 0 Å². The minimum absolute atomic E-state index is 0.183. The zero-order valence-corrected chi connectivity index (χ0v) is 11.2. The molecule has 102 valence electrons. The van der Waals surface area contributed by atoms with E-state index in [9.17, 15) is 4.79 Å². The highest BCUT2D eigenvalue weighted by Crippen LogP contribution is 2.21. The first-order valence-corrected chi connectivity index (χ1v) is 6.84. The molecule has 0 bridgehead atoms. The number of hydrogen-bond acceptors (Lipinski definition) is 3. The van der Waals surface area contributed by atoms with E-state index in [1.54, 1.807) is 18.2 Å². The molecule has 0 spiro atoms. The van der Waals surface area contributed by atoms with Crippen molar-refractivity contribution >= 4 is 17.1 Å². The molecule has 19 heavy (non-hydrogen) atoms. The van der Waals surface area contributed by atoms with Crippen molar-refractivity contribution in [1.29, 1.82) is 0 Å². The van der Waals surface area contributed by atoms with Crippen LogP contribution in [0.15, 0.2) is 22.6 Å². The molecule has 0 atom stereocenters. The van der Waals surface area contributed by atoms with Crippen LogP contribution in [0.3, 0.4) is 0 Å². The highest BCUT2D eigenvalue weighted by atomic mass is 16.4. The molecule has 0 fully saturated rings. The number of aromatic nitrogens is 1. The number of para-hydroxylation sites is 1. The summed E-state index contributed by atoms with van der Waals surface area (Å²) in [5.41, 5.74) is 1.20. The Kier molecular flexibility index (Phi) is 4.55. The second-order valence-electron chi connectivity index (χ2n) is 4.73. The number of carbonyl (C=O) groups is 1. The van der Waals surface area contributed by atoms with Gasteiger partial charge in [0.2, 0.25) is 0 Å². The summed E-state index contributed by atoms with van der Waals surface area (Å²) in [6, 6.07) is 5.02. The van der Waals surface area contributed by atoms with Crippen LogP contribution in [-0.2, 0) is 6.42 Å². The zero-order chi connectivity index (χ0) is 13.7. The maximum absolute atomic E-state index is 11.1.